The molecular weight excluding hydrogens is 278 g/mol. The monoisotopic (exact) mass is 297 g/mol. The first-order valence-corrected chi connectivity index (χ1v) is 8.35. The third-order valence-electron chi connectivity index (χ3n) is 3.80. The second kappa shape index (κ2) is 6.67. The molecule has 2 nitrogen and oxygen atoms in total. The van der Waals surface area contributed by atoms with Crippen LogP contribution in [0.25, 0.3) is 0 Å². The number of hydrogen-bond donors (Lipinski definition) is 0. The van der Waals surface area contributed by atoms with Gasteiger partial charge in [0.15, 0.2) is 0 Å². The molecule has 1 aliphatic rings. The average Bonchev–Trinajstić information content (AvgIpc) is 2.46. The Hall–Kier alpha value is -0.670. The minimum absolute atomic E-state index is 0.0743. The van der Waals surface area contributed by atoms with Gasteiger partial charge in [0.25, 0.3) is 5.91 Å². The lowest BCUT2D eigenvalue weighted by Gasteiger charge is -2.35. The molecule has 2 rings (SSSR count). The first-order chi connectivity index (χ1) is 9.13. The lowest BCUT2D eigenvalue weighted by molar-refractivity contribution is 0.0700. The van der Waals surface area contributed by atoms with Crippen molar-refractivity contribution in [3.8, 4) is 0 Å². The molecule has 4 heteroatoms. The number of amides is 1. The Balaban J connectivity index is 2.08. The molecule has 19 heavy (non-hydrogen) atoms. The SMILES string of the molecule is CSc1ccc(C(=O)N(C)C2CCCCC2Cl)cc1. The first-order valence-electron chi connectivity index (χ1n) is 6.68. The highest BCUT2D eigenvalue weighted by molar-refractivity contribution is 7.98. The Morgan fingerprint density at radius 3 is 2.47 bits per heavy atom. The van der Waals surface area contributed by atoms with Crippen LogP contribution in [0.1, 0.15) is 36.0 Å². The Morgan fingerprint density at radius 2 is 1.89 bits per heavy atom. The van der Waals surface area contributed by atoms with E-state index in [9.17, 15) is 4.79 Å². The molecule has 0 bridgehead atoms. The van der Waals surface area contributed by atoms with Gasteiger partial charge in [-0.05, 0) is 43.4 Å². The maximum absolute atomic E-state index is 12.4. The van der Waals surface area contributed by atoms with Gasteiger partial charge in [-0.2, -0.15) is 0 Å². The summed E-state index contributed by atoms with van der Waals surface area (Å²) in [7, 11) is 1.87. The molecule has 104 valence electrons. The van der Waals surface area contributed by atoms with E-state index in [1.165, 1.54) is 11.3 Å². The van der Waals surface area contributed by atoms with E-state index in [-0.39, 0.29) is 17.3 Å². The van der Waals surface area contributed by atoms with Crippen molar-refractivity contribution in [1.29, 1.82) is 0 Å². The summed E-state index contributed by atoms with van der Waals surface area (Å²) < 4.78 is 0. The van der Waals surface area contributed by atoms with E-state index >= 15 is 0 Å². The number of benzene rings is 1. The van der Waals surface area contributed by atoms with Gasteiger partial charge in [-0.15, -0.1) is 23.4 Å². The molecule has 1 aromatic rings. The molecule has 2 atom stereocenters. The van der Waals surface area contributed by atoms with E-state index in [2.05, 4.69) is 0 Å². The van der Waals surface area contributed by atoms with Crippen molar-refractivity contribution in [2.45, 2.75) is 42.0 Å². The van der Waals surface area contributed by atoms with Crippen LogP contribution in [-0.2, 0) is 0 Å². The first kappa shape index (κ1) is 14.7. The van der Waals surface area contributed by atoms with E-state index in [0.717, 1.165) is 24.8 Å². The van der Waals surface area contributed by atoms with Crippen LogP contribution in [-0.4, -0.2) is 35.5 Å². The molecule has 1 aliphatic carbocycles. The minimum Gasteiger partial charge on any atom is -0.337 e. The van der Waals surface area contributed by atoms with Gasteiger partial charge in [-0.25, -0.2) is 0 Å². The molecule has 0 radical (unpaired) electrons. The summed E-state index contributed by atoms with van der Waals surface area (Å²) in [5.41, 5.74) is 0.745. The van der Waals surface area contributed by atoms with Gasteiger partial charge >= 0.3 is 0 Å². The van der Waals surface area contributed by atoms with Crippen LogP contribution in [0.2, 0.25) is 0 Å². The predicted octanol–water partition coefficient (Wildman–Crippen LogP) is 4.03. The largest absolute Gasteiger partial charge is 0.337 e. The topological polar surface area (TPSA) is 20.3 Å². The van der Waals surface area contributed by atoms with Crippen molar-refractivity contribution in [1.82, 2.24) is 4.90 Å². The molecule has 0 aromatic heterocycles. The molecule has 0 aliphatic heterocycles. The minimum atomic E-state index is 0.0743. The van der Waals surface area contributed by atoms with Gasteiger partial charge in [0, 0.05) is 23.5 Å². The van der Waals surface area contributed by atoms with Crippen molar-refractivity contribution >= 4 is 29.3 Å². The van der Waals surface area contributed by atoms with Crippen LogP contribution in [0, 0.1) is 0 Å². The fourth-order valence-electron chi connectivity index (χ4n) is 2.59. The maximum Gasteiger partial charge on any atom is 0.253 e. The Kier molecular flexibility index (Phi) is 5.17. The third-order valence-corrected chi connectivity index (χ3v) is 5.05. The molecule has 1 fully saturated rings. The maximum atomic E-state index is 12.4. The number of hydrogen-bond acceptors (Lipinski definition) is 2. The van der Waals surface area contributed by atoms with Gasteiger partial charge in [0.05, 0.1) is 5.38 Å². The van der Waals surface area contributed by atoms with Crippen molar-refractivity contribution in [3.05, 3.63) is 29.8 Å². The van der Waals surface area contributed by atoms with Gasteiger partial charge in [-0.1, -0.05) is 12.8 Å². The fraction of sp³-hybridized carbons (Fsp3) is 0.533. The summed E-state index contributed by atoms with van der Waals surface area (Å²) in [6.07, 6.45) is 6.39. The van der Waals surface area contributed by atoms with Crippen LogP contribution in [0.5, 0.6) is 0 Å². The number of carbonyl (C=O) groups excluding carboxylic acids is 1. The lowest BCUT2D eigenvalue weighted by atomic mass is 9.93. The molecule has 0 N–H and O–H groups in total. The molecule has 0 spiro atoms. The Morgan fingerprint density at radius 1 is 1.26 bits per heavy atom. The molecule has 0 saturated heterocycles. The Labute approximate surface area is 124 Å². The summed E-state index contributed by atoms with van der Waals surface area (Å²) in [6.45, 7) is 0. The number of thioether (sulfide) groups is 1. The third kappa shape index (κ3) is 3.46. The smallest absolute Gasteiger partial charge is 0.253 e. The Bertz CT molecular complexity index is 434. The summed E-state index contributed by atoms with van der Waals surface area (Å²) in [4.78, 5) is 15.4. The van der Waals surface area contributed by atoms with Crippen LogP contribution >= 0.6 is 23.4 Å². The molecule has 1 amide bonds. The molecule has 1 aromatic carbocycles. The van der Waals surface area contributed by atoms with Crippen molar-refractivity contribution in [2.24, 2.45) is 0 Å². The molecule has 2 unspecified atom stereocenters. The van der Waals surface area contributed by atoms with Gasteiger partial charge < -0.3 is 4.90 Å². The normalized spacial score (nSPS) is 23.1. The number of halogens is 1. The van der Waals surface area contributed by atoms with E-state index in [1.54, 1.807) is 11.8 Å². The zero-order valence-electron chi connectivity index (χ0n) is 11.4. The molecule has 0 heterocycles. The number of alkyl halides is 1. The number of nitrogens with zero attached hydrogens (tertiary/aromatic N) is 1. The van der Waals surface area contributed by atoms with E-state index < -0.39 is 0 Å². The van der Waals surface area contributed by atoms with Gasteiger partial charge in [0.1, 0.15) is 0 Å². The summed E-state index contributed by atoms with van der Waals surface area (Å²) in [5, 5.41) is 0.0909. The number of carbonyl (C=O) groups is 1. The number of rotatable bonds is 3. The van der Waals surface area contributed by atoms with Gasteiger partial charge in [-0.3, -0.25) is 4.79 Å². The van der Waals surface area contributed by atoms with Crippen molar-refractivity contribution in [2.75, 3.05) is 13.3 Å². The standard InChI is InChI=1S/C15H20ClNOS/c1-17(14-6-4-3-5-13(14)16)15(18)11-7-9-12(19-2)10-8-11/h7-10,13-14H,3-6H2,1-2H3. The second-order valence-corrected chi connectivity index (χ2v) is 6.45. The van der Waals surface area contributed by atoms with E-state index in [1.807, 2.05) is 42.5 Å². The second-order valence-electron chi connectivity index (χ2n) is 5.01. The quantitative estimate of drug-likeness (QED) is 0.620. The van der Waals surface area contributed by atoms with Crippen LogP contribution in [0.3, 0.4) is 0 Å². The summed E-state index contributed by atoms with van der Waals surface area (Å²) in [6, 6.07) is 7.95. The molecular formula is C15H20ClNOS. The zero-order chi connectivity index (χ0) is 13.8. The van der Waals surface area contributed by atoms with Crippen molar-refractivity contribution in [3.63, 3.8) is 0 Å². The summed E-state index contributed by atoms with van der Waals surface area (Å²) in [5.74, 6) is 0.0743. The lowest BCUT2D eigenvalue weighted by Crippen LogP contribution is -2.44. The highest BCUT2D eigenvalue weighted by Gasteiger charge is 2.29. The van der Waals surface area contributed by atoms with Crippen LogP contribution in [0.15, 0.2) is 29.2 Å². The zero-order valence-corrected chi connectivity index (χ0v) is 13.0. The highest BCUT2D eigenvalue weighted by Crippen LogP contribution is 2.27. The molecule has 1 saturated carbocycles. The van der Waals surface area contributed by atoms with E-state index in [4.69, 9.17) is 11.6 Å². The highest BCUT2D eigenvalue weighted by atomic mass is 35.5. The van der Waals surface area contributed by atoms with E-state index in [0.29, 0.717) is 0 Å². The summed E-state index contributed by atoms with van der Waals surface area (Å²) >= 11 is 8.04. The average molecular weight is 298 g/mol. The van der Waals surface area contributed by atoms with Crippen molar-refractivity contribution < 1.29 is 4.79 Å². The predicted molar refractivity (Wildman–Crippen MR) is 82.2 cm³/mol. The van der Waals surface area contributed by atoms with Crippen LogP contribution in [0.4, 0.5) is 0 Å². The van der Waals surface area contributed by atoms with Crippen LogP contribution < -0.4 is 0 Å². The fourth-order valence-corrected chi connectivity index (χ4v) is 3.45. The van der Waals surface area contributed by atoms with Gasteiger partial charge in [0.2, 0.25) is 0 Å².